The molecular weight excluding hydrogens is 198 g/mol. The molecule has 1 unspecified atom stereocenters. The number of hydrogen-bond acceptors (Lipinski definition) is 2. The standard InChI is InChI=1S/C11H16F2N2/c1-6(2)7(3)15-11-9(12)4-8(14)5-10(11)13/h4-7,15H,14H2,1-3H3. The highest BCUT2D eigenvalue weighted by Gasteiger charge is 2.14. The van der Waals surface area contributed by atoms with Gasteiger partial charge in [0, 0.05) is 11.7 Å². The van der Waals surface area contributed by atoms with Crippen LogP contribution in [0.5, 0.6) is 0 Å². The first-order valence-corrected chi connectivity index (χ1v) is 4.93. The van der Waals surface area contributed by atoms with E-state index in [0.29, 0.717) is 5.92 Å². The molecule has 0 amide bonds. The number of nitrogens with one attached hydrogen (secondary N) is 1. The lowest BCUT2D eigenvalue weighted by molar-refractivity contribution is 0.539. The van der Waals surface area contributed by atoms with Crippen LogP contribution in [0.3, 0.4) is 0 Å². The maximum atomic E-state index is 13.4. The van der Waals surface area contributed by atoms with Crippen molar-refractivity contribution < 1.29 is 8.78 Å². The van der Waals surface area contributed by atoms with Crippen molar-refractivity contribution >= 4 is 11.4 Å². The normalized spacial score (nSPS) is 12.9. The highest BCUT2D eigenvalue weighted by atomic mass is 19.1. The smallest absolute Gasteiger partial charge is 0.151 e. The molecule has 4 heteroatoms. The minimum Gasteiger partial charge on any atom is -0.399 e. The minimum atomic E-state index is -0.653. The Labute approximate surface area is 88.5 Å². The quantitative estimate of drug-likeness (QED) is 0.759. The Balaban J connectivity index is 2.95. The fraction of sp³-hybridized carbons (Fsp3) is 0.455. The lowest BCUT2D eigenvalue weighted by Crippen LogP contribution is -2.23. The molecule has 0 saturated heterocycles. The van der Waals surface area contributed by atoms with E-state index < -0.39 is 11.6 Å². The molecular formula is C11H16F2N2. The second-order valence-electron chi connectivity index (χ2n) is 4.04. The van der Waals surface area contributed by atoms with E-state index in [1.807, 2.05) is 20.8 Å². The number of hydrogen-bond donors (Lipinski definition) is 2. The Hall–Kier alpha value is -1.32. The van der Waals surface area contributed by atoms with Crippen LogP contribution in [0.15, 0.2) is 12.1 Å². The Bertz CT molecular complexity index is 327. The highest BCUT2D eigenvalue weighted by Crippen LogP contribution is 2.23. The van der Waals surface area contributed by atoms with E-state index in [0.717, 1.165) is 12.1 Å². The van der Waals surface area contributed by atoms with Crippen molar-refractivity contribution in [1.82, 2.24) is 0 Å². The molecule has 0 bridgehead atoms. The molecule has 0 spiro atoms. The average Bonchev–Trinajstić information content (AvgIpc) is 2.10. The van der Waals surface area contributed by atoms with Gasteiger partial charge in [-0.2, -0.15) is 0 Å². The van der Waals surface area contributed by atoms with E-state index in [-0.39, 0.29) is 17.4 Å². The number of benzene rings is 1. The van der Waals surface area contributed by atoms with Crippen LogP contribution in [0, 0.1) is 17.6 Å². The first-order valence-electron chi connectivity index (χ1n) is 4.93. The summed E-state index contributed by atoms with van der Waals surface area (Å²) >= 11 is 0. The molecule has 15 heavy (non-hydrogen) atoms. The monoisotopic (exact) mass is 214 g/mol. The Kier molecular flexibility index (Phi) is 3.50. The van der Waals surface area contributed by atoms with Gasteiger partial charge in [0.25, 0.3) is 0 Å². The molecule has 3 N–H and O–H groups in total. The number of anilines is 2. The Morgan fingerprint density at radius 1 is 1.13 bits per heavy atom. The molecule has 1 rings (SSSR count). The van der Waals surface area contributed by atoms with Gasteiger partial charge in [0.15, 0.2) is 11.6 Å². The summed E-state index contributed by atoms with van der Waals surface area (Å²) in [6.07, 6.45) is 0. The molecule has 0 aliphatic rings. The van der Waals surface area contributed by atoms with Gasteiger partial charge in [0.1, 0.15) is 5.69 Å². The lowest BCUT2D eigenvalue weighted by atomic mass is 10.1. The zero-order chi connectivity index (χ0) is 11.6. The van der Waals surface area contributed by atoms with Crippen LogP contribution in [0.25, 0.3) is 0 Å². The van der Waals surface area contributed by atoms with Crippen molar-refractivity contribution in [3.05, 3.63) is 23.8 Å². The maximum absolute atomic E-state index is 13.4. The first kappa shape index (κ1) is 11.8. The number of rotatable bonds is 3. The minimum absolute atomic E-state index is 0.00220. The van der Waals surface area contributed by atoms with Crippen molar-refractivity contribution in [3.8, 4) is 0 Å². The van der Waals surface area contributed by atoms with Gasteiger partial charge in [-0.1, -0.05) is 13.8 Å². The molecule has 0 saturated carbocycles. The number of nitrogen functional groups attached to an aromatic ring is 1. The van der Waals surface area contributed by atoms with Crippen LogP contribution >= 0.6 is 0 Å². The highest BCUT2D eigenvalue weighted by molar-refractivity contribution is 5.54. The van der Waals surface area contributed by atoms with Gasteiger partial charge in [-0.05, 0) is 25.0 Å². The Morgan fingerprint density at radius 2 is 1.60 bits per heavy atom. The van der Waals surface area contributed by atoms with E-state index in [4.69, 9.17) is 5.73 Å². The van der Waals surface area contributed by atoms with Crippen LogP contribution in [-0.4, -0.2) is 6.04 Å². The molecule has 1 atom stereocenters. The Morgan fingerprint density at radius 3 is 2.00 bits per heavy atom. The van der Waals surface area contributed by atoms with E-state index >= 15 is 0 Å². The first-order chi connectivity index (χ1) is 6.91. The maximum Gasteiger partial charge on any atom is 0.151 e. The molecule has 0 fully saturated rings. The van der Waals surface area contributed by atoms with E-state index in [1.54, 1.807) is 0 Å². The topological polar surface area (TPSA) is 38.0 Å². The fourth-order valence-corrected chi connectivity index (χ4v) is 1.12. The lowest BCUT2D eigenvalue weighted by Gasteiger charge is -2.19. The third-order valence-corrected chi connectivity index (χ3v) is 2.44. The van der Waals surface area contributed by atoms with Crippen LogP contribution < -0.4 is 11.1 Å². The third-order valence-electron chi connectivity index (χ3n) is 2.44. The zero-order valence-electron chi connectivity index (χ0n) is 9.14. The summed E-state index contributed by atoms with van der Waals surface area (Å²) in [5.74, 6) is -1.01. The van der Waals surface area contributed by atoms with Gasteiger partial charge in [0.05, 0.1) is 0 Å². The third kappa shape index (κ3) is 2.81. The molecule has 0 heterocycles. The van der Waals surface area contributed by atoms with Gasteiger partial charge < -0.3 is 11.1 Å². The molecule has 0 radical (unpaired) electrons. The largest absolute Gasteiger partial charge is 0.399 e. The van der Waals surface area contributed by atoms with Crippen molar-refractivity contribution in [2.45, 2.75) is 26.8 Å². The second kappa shape index (κ2) is 4.47. The summed E-state index contributed by atoms with van der Waals surface area (Å²) in [6, 6.07) is 2.22. The van der Waals surface area contributed by atoms with Crippen LogP contribution in [-0.2, 0) is 0 Å². The predicted octanol–water partition coefficient (Wildman–Crippen LogP) is 3.00. The molecule has 84 valence electrons. The summed E-state index contributed by atoms with van der Waals surface area (Å²) in [5, 5.41) is 2.80. The van der Waals surface area contributed by atoms with Crippen LogP contribution in [0.4, 0.5) is 20.2 Å². The predicted molar refractivity (Wildman–Crippen MR) is 58.7 cm³/mol. The fourth-order valence-electron chi connectivity index (χ4n) is 1.12. The number of halogens is 2. The van der Waals surface area contributed by atoms with Gasteiger partial charge in [-0.25, -0.2) is 8.78 Å². The zero-order valence-corrected chi connectivity index (χ0v) is 9.14. The summed E-state index contributed by atoms with van der Waals surface area (Å²) in [5.41, 5.74) is 5.30. The van der Waals surface area contributed by atoms with Crippen molar-refractivity contribution in [2.24, 2.45) is 5.92 Å². The van der Waals surface area contributed by atoms with E-state index in [1.165, 1.54) is 0 Å². The van der Waals surface area contributed by atoms with Gasteiger partial charge >= 0.3 is 0 Å². The van der Waals surface area contributed by atoms with Crippen molar-refractivity contribution in [3.63, 3.8) is 0 Å². The van der Waals surface area contributed by atoms with Gasteiger partial charge in [-0.3, -0.25) is 0 Å². The summed E-state index contributed by atoms with van der Waals surface area (Å²) < 4.78 is 26.7. The molecule has 0 aliphatic heterocycles. The average molecular weight is 214 g/mol. The molecule has 1 aromatic carbocycles. The molecule has 1 aromatic rings. The van der Waals surface area contributed by atoms with Gasteiger partial charge in [-0.15, -0.1) is 0 Å². The van der Waals surface area contributed by atoms with Crippen molar-refractivity contribution in [2.75, 3.05) is 11.1 Å². The van der Waals surface area contributed by atoms with Crippen LogP contribution in [0.2, 0.25) is 0 Å². The SMILES string of the molecule is CC(C)C(C)Nc1c(F)cc(N)cc1F. The molecule has 0 aromatic heterocycles. The summed E-state index contributed by atoms with van der Waals surface area (Å²) in [7, 11) is 0. The van der Waals surface area contributed by atoms with Gasteiger partial charge in [0.2, 0.25) is 0 Å². The molecule has 0 aliphatic carbocycles. The summed E-state index contributed by atoms with van der Waals surface area (Å²) in [4.78, 5) is 0. The molecule has 2 nitrogen and oxygen atoms in total. The second-order valence-corrected chi connectivity index (χ2v) is 4.04. The van der Waals surface area contributed by atoms with E-state index in [9.17, 15) is 8.78 Å². The van der Waals surface area contributed by atoms with E-state index in [2.05, 4.69) is 5.32 Å². The number of nitrogens with two attached hydrogens (primary N) is 1. The summed E-state index contributed by atoms with van der Waals surface area (Å²) in [6.45, 7) is 5.83. The van der Waals surface area contributed by atoms with Crippen molar-refractivity contribution in [1.29, 1.82) is 0 Å². The van der Waals surface area contributed by atoms with Crippen LogP contribution in [0.1, 0.15) is 20.8 Å².